The summed E-state index contributed by atoms with van der Waals surface area (Å²) in [5, 5.41) is 10.6. The number of anilines is 1. The van der Waals surface area contributed by atoms with Crippen molar-refractivity contribution < 1.29 is 9.53 Å². The Morgan fingerprint density at radius 3 is 2.93 bits per heavy atom. The van der Waals surface area contributed by atoms with Gasteiger partial charge in [0.15, 0.2) is 5.82 Å². The minimum Gasteiger partial charge on any atom is -0.497 e. The van der Waals surface area contributed by atoms with Gasteiger partial charge in [-0.2, -0.15) is 5.10 Å². The number of nitrogens with one attached hydrogen (secondary N) is 3. The molecule has 4 aromatic rings. The number of imidazole rings is 1. The Hall–Kier alpha value is -3.81. The highest BCUT2D eigenvalue weighted by atomic mass is 16.5. The number of aromatic amines is 2. The van der Waals surface area contributed by atoms with Crippen molar-refractivity contribution in [1.29, 1.82) is 0 Å². The first-order chi connectivity index (χ1) is 13.5. The third kappa shape index (κ3) is 3.27. The normalized spacial score (nSPS) is 12.1. The van der Waals surface area contributed by atoms with Gasteiger partial charge in [-0.15, -0.1) is 0 Å². The van der Waals surface area contributed by atoms with E-state index in [9.17, 15) is 4.79 Å². The van der Waals surface area contributed by atoms with E-state index >= 15 is 0 Å². The fraction of sp³-hybridized carbons (Fsp3) is 0.150. The lowest BCUT2D eigenvalue weighted by atomic mass is 10.1. The second kappa shape index (κ2) is 7.07. The van der Waals surface area contributed by atoms with Crippen molar-refractivity contribution in [3.8, 4) is 17.1 Å². The number of nitrogen functional groups attached to an aromatic ring is 1. The summed E-state index contributed by atoms with van der Waals surface area (Å²) in [6, 6.07) is 13.1. The third-order valence-electron chi connectivity index (χ3n) is 4.63. The van der Waals surface area contributed by atoms with Gasteiger partial charge in [0, 0.05) is 10.9 Å². The van der Waals surface area contributed by atoms with E-state index in [2.05, 4.69) is 25.5 Å². The highest BCUT2D eigenvalue weighted by Crippen LogP contribution is 2.25. The van der Waals surface area contributed by atoms with E-state index < -0.39 is 0 Å². The smallest absolute Gasteiger partial charge is 0.269 e. The highest BCUT2D eigenvalue weighted by molar-refractivity contribution is 5.94. The van der Waals surface area contributed by atoms with Crippen molar-refractivity contribution in [3.05, 3.63) is 59.9 Å². The zero-order chi connectivity index (χ0) is 19.7. The van der Waals surface area contributed by atoms with Gasteiger partial charge in [-0.1, -0.05) is 12.1 Å². The quantitative estimate of drug-likeness (QED) is 0.426. The number of hydrogen-bond acceptors (Lipinski definition) is 5. The Balaban J connectivity index is 1.52. The van der Waals surface area contributed by atoms with E-state index in [1.165, 1.54) is 6.20 Å². The highest BCUT2D eigenvalue weighted by Gasteiger charge is 2.15. The molecule has 0 bridgehead atoms. The van der Waals surface area contributed by atoms with Crippen molar-refractivity contribution in [3.63, 3.8) is 0 Å². The SMILES string of the molecule is COc1cccc([C@@H](C)NC(=O)c2cnc(-c3ccc4[nH]nc(N)c4c3)[nH]2)c1. The van der Waals surface area contributed by atoms with Crippen LogP contribution in [0.15, 0.2) is 48.7 Å². The molecular weight excluding hydrogens is 356 g/mol. The molecule has 0 aliphatic heterocycles. The second-order valence-corrected chi connectivity index (χ2v) is 6.49. The lowest BCUT2D eigenvalue weighted by Gasteiger charge is -2.14. The van der Waals surface area contributed by atoms with Gasteiger partial charge in [0.1, 0.15) is 17.3 Å². The fourth-order valence-electron chi connectivity index (χ4n) is 3.03. The van der Waals surface area contributed by atoms with Crippen LogP contribution in [0, 0.1) is 0 Å². The van der Waals surface area contributed by atoms with Crippen LogP contribution in [0.25, 0.3) is 22.3 Å². The number of fused-ring (bicyclic) bond motifs is 1. The average Bonchev–Trinajstić information content (AvgIpc) is 3.35. The maximum Gasteiger partial charge on any atom is 0.269 e. The first kappa shape index (κ1) is 17.6. The standard InChI is InChI=1S/C20H20N6O2/c1-11(12-4-3-5-14(8-12)28-2)23-20(27)17-10-22-19(24-17)13-6-7-16-15(9-13)18(21)26-25-16/h3-11H,1-2H3,(H,22,24)(H,23,27)(H3,21,25,26)/t11-/m1/s1. The van der Waals surface area contributed by atoms with Gasteiger partial charge in [0.05, 0.1) is 24.9 Å². The van der Waals surface area contributed by atoms with Gasteiger partial charge in [0.2, 0.25) is 0 Å². The van der Waals surface area contributed by atoms with Gasteiger partial charge in [-0.25, -0.2) is 4.98 Å². The zero-order valence-corrected chi connectivity index (χ0v) is 15.5. The second-order valence-electron chi connectivity index (χ2n) is 6.49. The molecule has 1 amide bonds. The number of ether oxygens (including phenoxy) is 1. The molecule has 8 nitrogen and oxygen atoms in total. The van der Waals surface area contributed by atoms with Crippen molar-refractivity contribution in [2.45, 2.75) is 13.0 Å². The molecule has 2 aromatic carbocycles. The molecule has 4 rings (SSSR count). The predicted molar refractivity (Wildman–Crippen MR) is 107 cm³/mol. The van der Waals surface area contributed by atoms with Crippen molar-refractivity contribution >= 4 is 22.6 Å². The topological polar surface area (TPSA) is 122 Å². The molecule has 0 fully saturated rings. The van der Waals surface area contributed by atoms with E-state index in [-0.39, 0.29) is 11.9 Å². The lowest BCUT2D eigenvalue weighted by molar-refractivity contribution is 0.0935. The number of nitrogens with two attached hydrogens (primary N) is 1. The maximum atomic E-state index is 12.6. The molecule has 8 heteroatoms. The number of carbonyl (C=O) groups is 1. The Bertz CT molecular complexity index is 1150. The number of aromatic nitrogens is 4. The number of methoxy groups -OCH3 is 1. The zero-order valence-electron chi connectivity index (χ0n) is 15.5. The molecule has 0 aliphatic rings. The number of H-pyrrole nitrogens is 2. The first-order valence-corrected chi connectivity index (χ1v) is 8.79. The largest absolute Gasteiger partial charge is 0.497 e. The molecule has 5 N–H and O–H groups in total. The van der Waals surface area contributed by atoms with Crippen LogP contribution in [0.1, 0.15) is 29.0 Å². The number of nitrogens with zero attached hydrogens (tertiary/aromatic N) is 2. The molecule has 0 aliphatic carbocycles. The number of benzene rings is 2. The van der Waals surface area contributed by atoms with E-state index in [0.29, 0.717) is 17.3 Å². The van der Waals surface area contributed by atoms with Gasteiger partial charge in [0.25, 0.3) is 5.91 Å². The van der Waals surface area contributed by atoms with Gasteiger partial charge < -0.3 is 20.8 Å². The summed E-state index contributed by atoms with van der Waals surface area (Å²) in [7, 11) is 1.61. The molecule has 28 heavy (non-hydrogen) atoms. The molecule has 0 saturated carbocycles. The van der Waals surface area contributed by atoms with Crippen LogP contribution in [0.4, 0.5) is 5.82 Å². The molecule has 2 aromatic heterocycles. The van der Waals surface area contributed by atoms with E-state index in [4.69, 9.17) is 10.5 Å². The minimum atomic E-state index is -0.238. The number of amides is 1. The van der Waals surface area contributed by atoms with Crippen molar-refractivity contribution in [2.24, 2.45) is 0 Å². The molecule has 142 valence electrons. The van der Waals surface area contributed by atoms with E-state index in [1.54, 1.807) is 7.11 Å². The third-order valence-corrected chi connectivity index (χ3v) is 4.63. The van der Waals surface area contributed by atoms with Crippen LogP contribution in [-0.2, 0) is 0 Å². The Labute approximate surface area is 161 Å². The monoisotopic (exact) mass is 376 g/mol. The maximum absolute atomic E-state index is 12.6. The number of hydrogen-bond donors (Lipinski definition) is 4. The van der Waals surface area contributed by atoms with Crippen LogP contribution in [0.5, 0.6) is 5.75 Å². The molecular formula is C20H20N6O2. The fourth-order valence-corrected chi connectivity index (χ4v) is 3.03. The summed E-state index contributed by atoms with van der Waals surface area (Å²) >= 11 is 0. The van der Waals surface area contributed by atoms with E-state index in [0.717, 1.165) is 27.8 Å². The van der Waals surface area contributed by atoms with Crippen LogP contribution in [0.3, 0.4) is 0 Å². The van der Waals surface area contributed by atoms with Crippen LogP contribution in [-0.4, -0.2) is 33.2 Å². The Morgan fingerprint density at radius 1 is 1.25 bits per heavy atom. The summed E-state index contributed by atoms with van der Waals surface area (Å²) in [6.07, 6.45) is 1.52. The summed E-state index contributed by atoms with van der Waals surface area (Å²) < 4.78 is 5.24. The van der Waals surface area contributed by atoms with Gasteiger partial charge >= 0.3 is 0 Å². The van der Waals surface area contributed by atoms with Crippen molar-refractivity contribution in [2.75, 3.05) is 12.8 Å². The summed E-state index contributed by atoms with van der Waals surface area (Å²) in [4.78, 5) is 20.0. The summed E-state index contributed by atoms with van der Waals surface area (Å²) in [5.41, 5.74) is 8.86. The Morgan fingerprint density at radius 2 is 2.11 bits per heavy atom. The summed E-state index contributed by atoms with van der Waals surface area (Å²) in [5.74, 6) is 1.52. The molecule has 1 atom stereocenters. The summed E-state index contributed by atoms with van der Waals surface area (Å²) in [6.45, 7) is 1.92. The van der Waals surface area contributed by atoms with Crippen molar-refractivity contribution in [1.82, 2.24) is 25.5 Å². The molecule has 0 unspecified atom stereocenters. The number of rotatable bonds is 5. The first-order valence-electron chi connectivity index (χ1n) is 8.79. The molecule has 0 radical (unpaired) electrons. The van der Waals surface area contributed by atoms with Crippen LogP contribution in [0.2, 0.25) is 0 Å². The minimum absolute atomic E-state index is 0.184. The van der Waals surface area contributed by atoms with Gasteiger partial charge in [-0.3, -0.25) is 9.89 Å². The lowest BCUT2D eigenvalue weighted by Crippen LogP contribution is -2.26. The predicted octanol–water partition coefficient (Wildman–Crippen LogP) is 3.03. The average molecular weight is 376 g/mol. The van der Waals surface area contributed by atoms with Crippen LogP contribution >= 0.6 is 0 Å². The number of carbonyl (C=O) groups excluding carboxylic acids is 1. The van der Waals surface area contributed by atoms with Gasteiger partial charge in [-0.05, 0) is 42.8 Å². The molecule has 0 spiro atoms. The molecule has 0 saturated heterocycles. The molecule has 2 heterocycles. The van der Waals surface area contributed by atoms with E-state index in [1.807, 2.05) is 49.4 Å². The Kier molecular flexibility index (Phi) is 4.44. The van der Waals surface area contributed by atoms with Crippen LogP contribution < -0.4 is 15.8 Å².